The summed E-state index contributed by atoms with van der Waals surface area (Å²) in [5, 5.41) is 11.1. The maximum absolute atomic E-state index is 10.9. The molecule has 3 nitrogen and oxygen atoms in total. The zero-order valence-corrected chi connectivity index (χ0v) is 9.33. The van der Waals surface area contributed by atoms with Crippen molar-refractivity contribution in [3.63, 3.8) is 0 Å². The number of amides is 1. The van der Waals surface area contributed by atoms with Crippen LogP contribution in [0, 0.1) is 10.5 Å². The van der Waals surface area contributed by atoms with Crippen LogP contribution in [-0.4, -0.2) is 17.6 Å². The van der Waals surface area contributed by atoms with Crippen molar-refractivity contribution < 1.29 is 9.90 Å². The number of aliphatic hydroxyl groups is 1. The minimum atomic E-state index is -0.481. The van der Waals surface area contributed by atoms with Crippen molar-refractivity contribution in [1.29, 1.82) is 0 Å². The number of rotatable bonds is 2. The summed E-state index contributed by atoms with van der Waals surface area (Å²) in [6.07, 6.45) is 0. The predicted molar refractivity (Wildman–Crippen MR) is 59.6 cm³/mol. The zero-order chi connectivity index (χ0) is 9.84. The van der Waals surface area contributed by atoms with E-state index in [1.165, 1.54) is 0 Å². The highest BCUT2D eigenvalue weighted by atomic mass is 127. The predicted octanol–water partition coefficient (Wildman–Crippen LogP) is 1.53. The summed E-state index contributed by atoms with van der Waals surface area (Å²) in [5.74, 6) is -0.385. The molecule has 0 aliphatic rings. The second-order valence-electron chi connectivity index (χ2n) is 2.67. The molecule has 1 rings (SSSR count). The van der Waals surface area contributed by atoms with Gasteiger partial charge in [0, 0.05) is 9.26 Å². The van der Waals surface area contributed by atoms with E-state index in [2.05, 4.69) is 27.9 Å². The van der Waals surface area contributed by atoms with Gasteiger partial charge in [-0.25, -0.2) is 0 Å². The largest absolute Gasteiger partial charge is 0.387 e. The Balaban J connectivity index is 2.83. The van der Waals surface area contributed by atoms with Crippen molar-refractivity contribution in [3.8, 4) is 0 Å². The monoisotopic (exact) mass is 291 g/mol. The number of halogens is 1. The first-order valence-corrected chi connectivity index (χ1v) is 4.88. The molecular formula is C9H10INO2. The minimum absolute atomic E-state index is 0.385. The first-order chi connectivity index (χ1) is 6.13. The summed E-state index contributed by atoms with van der Waals surface area (Å²) in [6.45, 7) is 1.43. The van der Waals surface area contributed by atoms with Gasteiger partial charge in [-0.15, -0.1) is 0 Å². The van der Waals surface area contributed by atoms with Crippen LogP contribution in [0.2, 0.25) is 0 Å². The maximum atomic E-state index is 10.9. The fourth-order valence-electron chi connectivity index (χ4n) is 0.957. The Morgan fingerprint density at radius 3 is 2.85 bits per heavy atom. The van der Waals surface area contributed by atoms with Gasteiger partial charge in [0.25, 0.3) is 0 Å². The number of benzene rings is 1. The van der Waals surface area contributed by atoms with Gasteiger partial charge in [-0.05, 0) is 53.3 Å². The number of carbonyl (C=O) groups is 1. The second-order valence-corrected chi connectivity index (χ2v) is 3.91. The van der Waals surface area contributed by atoms with E-state index in [0.29, 0.717) is 0 Å². The molecule has 13 heavy (non-hydrogen) atoms. The Morgan fingerprint density at radius 2 is 2.31 bits per heavy atom. The fourth-order valence-corrected chi connectivity index (χ4v) is 1.60. The number of hydrogen-bond donors (Lipinski definition) is 2. The summed E-state index contributed by atoms with van der Waals surface area (Å²) in [6, 6.07) is 5.69. The number of aryl methyl sites for hydroxylation is 1. The number of carbonyl (C=O) groups excluding carboxylic acids is 1. The van der Waals surface area contributed by atoms with Gasteiger partial charge in [0.15, 0.2) is 0 Å². The smallest absolute Gasteiger partial charge is 0.250 e. The van der Waals surface area contributed by atoms with Gasteiger partial charge in [-0.3, -0.25) is 4.79 Å². The average molecular weight is 291 g/mol. The molecule has 1 aromatic carbocycles. The van der Waals surface area contributed by atoms with Crippen molar-refractivity contribution in [2.24, 2.45) is 0 Å². The summed E-state index contributed by atoms with van der Waals surface area (Å²) >= 11 is 2.20. The van der Waals surface area contributed by atoms with Crippen LogP contribution in [0.1, 0.15) is 5.56 Å². The van der Waals surface area contributed by atoms with Crippen LogP contribution in [0.15, 0.2) is 18.2 Å². The van der Waals surface area contributed by atoms with Crippen molar-refractivity contribution in [3.05, 3.63) is 27.3 Å². The van der Waals surface area contributed by atoms with Gasteiger partial charge in [0.1, 0.15) is 6.61 Å². The molecule has 0 heterocycles. The standard InChI is InChI=1S/C9H10INO2/c1-6-4-7(10)2-3-8(6)11-9(13)5-12/h2-4,12H,5H2,1H3,(H,11,13). The molecule has 0 aromatic heterocycles. The molecule has 0 aliphatic carbocycles. The van der Waals surface area contributed by atoms with Gasteiger partial charge in [0.05, 0.1) is 0 Å². The van der Waals surface area contributed by atoms with E-state index < -0.39 is 6.61 Å². The lowest BCUT2D eigenvalue weighted by molar-refractivity contribution is -0.118. The molecule has 0 atom stereocenters. The zero-order valence-electron chi connectivity index (χ0n) is 7.17. The normalized spacial score (nSPS) is 9.77. The van der Waals surface area contributed by atoms with Crippen LogP contribution in [0.5, 0.6) is 0 Å². The average Bonchev–Trinajstić information content (AvgIpc) is 2.09. The van der Waals surface area contributed by atoms with Crippen LogP contribution < -0.4 is 5.32 Å². The van der Waals surface area contributed by atoms with Crippen LogP contribution >= 0.6 is 22.6 Å². The Kier molecular flexibility index (Phi) is 3.68. The number of aliphatic hydroxyl groups excluding tert-OH is 1. The van der Waals surface area contributed by atoms with Gasteiger partial charge < -0.3 is 10.4 Å². The molecule has 0 aliphatic heterocycles. The third kappa shape index (κ3) is 2.96. The molecule has 0 saturated carbocycles. The summed E-state index contributed by atoms with van der Waals surface area (Å²) in [5.41, 5.74) is 1.74. The quantitative estimate of drug-likeness (QED) is 0.812. The fraction of sp³-hybridized carbons (Fsp3) is 0.222. The Bertz CT molecular complexity index is 325. The van der Waals surface area contributed by atoms with Crippen molar-refractivity contribution in [2.45, 2.75) is 6.92 Å². The van der Waals surface area contributed by atoms with E-state index in [1.54, 1.807) is 0 Å². The minimum Gasteiger partial charge on any atom is -0.387 e. The Morgan fingerprint density at radius 1 is 1.62 bits per heavy atom. The molecule has 1 aromatic rings. The highest BCUT2D eigenvalue weighted by Gasteiger charge is 2.02. The van der Waals surface area contributed by atoms with Crippen molar-refractivity contribution in [2.75, 3.05) is 11.9 Å². The van der Waals surface area contributed by atoms with Crippen LogP contribution in [0.4, 0.5) is 5.69 Å². The highest BCUT2D eigenvalue weighted by molar-refractivity contribution is 14.1. The number of nitrogens with one attached hydrogen (secondary N) is 1. The molecule has 0 spiro atoms. The molecule has 0 bridgehead atoms. The Hall–Kier alpha value is -0.620. The molecule has 0 unspecified atom stereocenters. The van der Waals surface area contributed by atoms with E-state index in [1.807, 2.05) is 25.1 Å². The van der Waals surface area contributed by atoms with Crippen molar-refractivity contribution >= 4 is 34.2 Å². The molecule has 1 amide bonds. The van der Waals surface area contributed by atoms with Crippen LogP contribution in [0.25, 0.3) is 0 Å². The molecule has 0 fully saturated rings. The topological polar surface area (TPSA) is 49.3 Å². The summed E-state index contributed by atoms with van der Waals surface area (Å²) in [4.78, 5) is 10.9. The van der Waals surface area contributed by atoms with Crippen LogP contribution in [-0.2, 0) is 4.79 Å². The van der Waals surface area contributed by atoms with E-state index >= 15 is 0 Å². The molecule has 0 radical (unpaired) electrons. The van der Waals surface area contributed by atoms with Gasteiger partial charge in [-0.2, -0.15) is 0 Å². The van der Waals surface area contributed by atoms with Gasteiger partial charge in [-0.1, -0.05) is 0 Å². The van der Waals surface area contributed by atoms with Crippen LogP contribution in [0.3, 0.4) is 0 Å². The lowest BCUT2D eigenvalue weighted by atomic mass is 10.2. The third-order valence-corrected chi connectivity index (χ3v) is 2.28. The molecule has 0 saturated heterocycles. The first-order valence-electron chi connectivity index (χ1n) is 3.80. The first kappa shape index (κ1) is 10.5. The summed E-state index contributed by atoms with van der Waals surface area (Å²) in [7, 11) is 0. The Labute approximate surface area is 90.3 Å². The molecule has 4 heteroatoms. The van der Waals surface area contributed by atoms with Gasteiger partial charge in [0.2, 0.25) is 5.91 Å². The lowest BCUT2D eigenvalue weighted by Gasteiger charge is -2.06. The molecule has 2 N–H and O–H groups in total. The number of hydrogen-bond acceptors (Lipinski definition) is 2. The lowest BCUT2D eigenvalue weighted by Crippen LogP contribution is -2.16. The van der Waals surface area contributed by atoms with E-state index in [9.17, 15) is 4.79 Å². The van der Waals surface area contributed by atoms with E-state index in [0.717, 1.165) is 14.8 Å². The van der Waals surface area contributed by atoms with Crippen molar-refractivity contribution in [1.82, 2.24) is 0 Å². The summed E-state index contributed by atoms with van der Waals surface area (Å²) < 4.78 is 1.12. The molecule has 70 valence electrons. The van der Waals surface area contributed by atoms with Gasteiger partial charge >= 0.3 is 0 Å². The highest BCUT2D eigenvalue weighted by Crippen LogP contribution is 2.17. The third-order valence-electron chi connectivity index (χ3n) is 1.61. The number of anilines is 1. The van der Waals surface area contributed by atoms with E-state index in [4.69, 9.17) is 5.11 Å². The second kappa shape index (κ2) is 4.57. The SMILES string of the molecule is Cc1cc(I)ccc1NC(=O)CO. The van der Waals surface area contributed by atoms with E-state index in [-0.39, 0.29) is 5.91 Å². The molecular weight excluding hydrogens is 281 g/mol. The maximum Gasteiger partial charge on any atom is 0.250 e.